The summed E-state index contributed by atoms with van der Waals surface area (Å²) in [5.41, 5.74) is 2.69. The fraction of sp³-hybridized carbons (Fsp3) is 0.375. The van der Waals surface area contributed by atoms with Crippen LogP contribution in [0.4, 0.5) is 0 Å². The maximum Gasteiger partial charge on any atom is 0.0299 e. The Hall–Kier alpha value is -0.120. The predicted octanol–water partition coefficient (Wildman–Crippen LogP) is 2.57. The average molecular weight is 249 g/mol. The van der Waals surface area contributed by atoms with E-state index in [9.17, 15) is 0 Å². The third-order valence-electron chi connectivity index (χ3n) is 1.52. The first-order chi connectivity index (χ1) is 4.34. The molecular weight excluding hydrogens is 237 g/mol. The van der Waals surface area contributed by atoms with Gasteiger partial charge in [-0.05, 0) is 30.5 Å². The number of hydrogen-bond acceptors (Lipinski definition) is 1. The molecule has 1 heterocycles. The molecule has 0 amide bonds. The number of halogens is 1. The third-order valence-corrected chi connectivity index (χ3v) is 1.52. The maximum atomic E-state index is 3.99. The molecular formula is C8H12IN. The largest absolute Gasteiger partial charge is 0.264 e. The molecule has 1 nitrogen and oxygen atoms in total. The molecule has 0 unspecified atom stereocenters. The summed E-state index contributed by atoms with van der Waals surface area (Å²) >= 11 is 0. The molecule has 1 aromatic heterocycles. The summed E-state index contributed by atoms with van der Waals surface area (Å²) in [7, 11) is 0. The monoisotopic (exact) mass is 249 g/mol. The molecule has 0 bridgehead atoms. The van der Waals surface area contributed by atoms with Crippen LogP contribution >= 0.6 is 24.0 Å². The summed E-state index contributed by atoms with van der Waals surface area (Å²) in [6, 6.07) is 2.06. The highest BCUT2D eigenvalue weighted by atomic mass is 127. The Kier molecular flexibility index (Phi) is 4.60. The van der Waals surface area contributed by atoms with Gasteiger partial charge in [-0.1, -0.05) is 6.92 Å². The number of aromatic nitrogens is 1. The molecule has 0 aliphatic rings. The van der Waals surface area contributed by atoms with E-state index in [-0.39, 0.29) is 24.0 Å². The van der Waals surface area contributed by atoms with Gasteiger partial charge >= 0.3 is 0 Å². The van der Waals surface area contributed by atoms with Gasteiger partial charge in [0.1, 0.15) is 0 Å². The van der Waals surface area contributed by atoms with E-state index in [1.807, 2.05) is 12.4 Å². The molecule has 0 spiro atoms. The van der Waals surface area contributed by atoms with Crippen molar-refractivity contribution in [3.63, 3.8) is 0 Å². The number of pyridine rings is 1. The molecule has 1 rings (SSSR count). The minimum Gasteiger partial charge on any atom is -0.264 e. The Morgan fingerprint density at radius 1 is 1.50 bits per heavy atom. The first-order valence-corrected chi connectivity index (χ1v) is 3.24. The van der Waals surface area contributed by atoms with Crippen LogP contribution in [0.2, 0.25) is 0 Å². The van der Waals surface area contributed by atoms with Crippen LogP contribution in [0.1, 0.15) is 18.1 Å². The van der Waals surface area contributed by atoms with E-state index in [2.05, 4.69) is 24.9 Å². The smallest absolute Gasteiger partial charge is 0.0299 e. The van der Waals surface area contributed by atoms with E-state index in [4.69, 9.17) is 0 Å². The van der Waals surface area contributed by atoms with Crippen molar-refractivity contribution in [2.24, 2.45) is 0 Å². The summed E-state index contributed by atoms with van der Waals surface area (Å²) in [4.78, 5) is 3.99. The predicted molar refractivity (Wildman–Crippen MR) is 53.8 cm³/mol. The number of hydrogen-bond donors (Lipinski definition) is 0. The van der Waals surface area contributed by atoms with Gasteiger partial charge in [-0.25, -0.2) is 0 Å². The molecule has 0 aliphatic carbocycles. The Balaban J connectivity index is 0.000000810. The fourth-order valence-electron chi connectivity index (χ4n) is 0.899. The van der Waals surface area contributed by atoms with Crippen LogP contribution in [0, 0.1) is 6.92 Å². The molecule has 0 aromatic carbocycles. The minimum atomic E-state index is 0. The zero-order valence-electron chi connectivity index (χ0n) is 6.29. The molecule has 0 atom stereocenters. The number of rotatable bonds is 1. The first-order valence-electron chi connectivity index (χ1n) is 3.24. The van der Waals surface area contributed by atoms with E-state index in [1.54, 1.807) is 0 Å². The highest BCUT2D eigenvalue weighted by molar-refractivity contribution is 14.0. The Morgan fingerprint density at radius 2 is 2.20 bits per heavy atom. The second kappa shape index (κ2) is 4.66. The molecule has 1 aromatic rings. The van der Waals surface area contributed by atoms with Gasteiger partial charge in [0.15, 0.2) is 0 Å². The van der Waals surface area contributed by atoms with Crippen molar-refractivity contribution in [1.82, 2.24) is 4.98 Å². The van der Waals surface area contributed by atoms with Gasteiger partial charge in [-0.15, -0.1) is 24.0 Å². The first kappa shape index (κ1) is 9.88. The molecule has 0 aliphatic heterocycles. The lowest BCUT2D eigenvalue weighted by Gasteiger charge is -1.97. The summed E-state index contributed by atoms with van der Waals surface area (Å²) in [5.74, 6) is 0. The lowest BCUT2D eigenvalue weighted by molar-refractivity contribution is 1.08. The Bertz CT molecular complexity index is 198. The van der Waals surface area contributed by atoms with Gasteiger partial charge < -0.3 is 0 Å². The van der Waals surface area contributed by atoms with Crippen LogP contribution < -0.4 is 0 Å². The molecule has 0 saturated heterocycles. The van der Waals surface area contributed by atoms with E-state index < -0.39 is 0 Å². The average Bonchev–Trinajstić information content (AvgIpc) is 1.89. The van der Waals surface area contributed by atoms with Gasteiger partial charge in [-0.2, -0.15) is 0 Å². The van der Waals surface area contributed by atoms with Gasteiger partial charge in [-0.3, -0.25) is 4.98 Å². The molecule has 2 heteroatoms. The topological polar surface area (TPSA) is 12.9 Å². The van der Waals surface area contributed by atoms with Crippen LogP contribution in [-0.2, 0) is 6.42 Å². The zero-order valence-corrected chi connectivity index (χ0v) is 8.62. The van der Waals surface area contributed by atoms with Gasteiger partial charge in [0.05, 0.1) is 0 Å². The third kappa shape index (κ3) is 2.25. The number of nitrogens with zero attached hydrogens (tertiary/aromatic N) is 1. The van der Waals surface area contributed by atoms with Crippen molar-refractivity contribution >= 4 is 24.0 Å². The fourth-order valence-corrected chi connectivity index (χ4v) is 0.899. The van der Waals surface area contributed by atoms with Crippen LogP contribution in [0.5, 0.6) is 0 Å². The van der Waals surface area contributed by atoms with Crippen molar-refractivity contribution in [3.05, 3.63) is 29.6 Å². The second-order valence-electron chi connectivity index (χ2n) is 2.16. The van der Waals surface area contributed by atoms with Crippen molar-refractivity contribution in [1.29, 1.82) is 0 Å². The highest BCUT2D eigenvalue weighted by Crippen LogP contribution is 2.03. The molecule has 0 fully saturated rings. The summed E-state index contributed by atoms with van der Waals surface area (Å²) in [6.07, 6.45) is 4.85. The van der Waals surface area contributed by atoms with Crippen molar-refractivity contribution in [2.75, 3.05) is 0 Å². The summed E-state index contributed by atoms with van der Waals surface area (Å²) in [6.45, 7) is 4.24. The normalized spacial score (nSPS) is 8.60. The highest BCUT2D eigenvalue weighted by Gasteiger charge is 1.90. The van der Waals surface area contributed by atoms with Crippen LogP contribution in [0.15, 0.2) is 18.5 Å². The van der Waals surface area contributed by atoms with E-state index >= 15 is 0 Å². The molecule has 56 valence electrons. The van der Waals surface area contributed by atoms with Gasteiger partial charge in [0, 0.05) is 12.4 Å². The van der Waals surface area contributed by atoms with Crippen molar-refractivity contribution in [3.8, 4) is 0 Å². The van der Waals surface area contributed by atoms with Crippen LogP contribution in [0.3, 0.4) is 0 Å². The van der Waals surface area contributed by atoms with Crippen molar-refractivity contribution in [2.45, 2.75) is 20.3 Å². The minimum absolute atomic E-state index is 0. The second-order valence-corrected chi connectivity index (χ2v) is 2.16. The Labute approximate surface area is 78.9 Å². The maximum absolute atomic E-state index is 3.99. The van der Waals surface area contributed by atoms with Crippen molar-refractivity contribution < 1.29 is 0 Å². The van der Waals surface area contributed by atoms with Crippen LogP contribution in [0.25, 0.3) is 0 Å². The van der Waals surface area contributed by atoms with Crippen LogP contribution in [-0.4, -0.2) is 4.98 Å². The summed E-state index contributed by atoms with van der Waals surface area (Å²) in [5, 5.41) is 0. The standard InChI is InChI=1S/C8H11N.HI/c1-3-8-4-5-9-6-7(8)2;/h4-6H,3H2,1-2H3;1H. The molecule has 0 radical (unpaired) electrons. The van der Waals surface area contributed by atoms with E-state index in [1.165, 1.54) is 11.1 Å². The quantitative estimate of drug-likeness (QED) is 0.697. The lowest BCUT2D eigenvalue weighted by atomic mass is 10.1. The van der Waals surface area contributed by atoms with E-state index in [0.717, 1.165) is 6.42 Å². The molecule has 0 N–H and O–H groups in total. The summed E-state index contributed by atoms with van der Waals surface area (Å²) < 4.78 is 0. The zero-order chi connectivity index (χ0) is 6.69. The Morgan fingerprint density at radius 3 is 2.60 bits per heavy atom. The molecule has 10 heavy (non-hydrogen) atoms. The number of aryl methyl sites for hydroxylation is 2. The van der Waals surface area contributed by atoms with Gasteiger partial charge in [0.2, 0.25) is 0 Å². The molecule has 0 saturated carbocycles. The SMILES string of the molecule is CCc1ccncc1C.I. The van der Waals surface area contributed by atoms with Gasteiger partial charge in [0.25, 0.3) is 0 Å². The lowest BCUT2D eigenvalue weighted by Crippen LogP contribution is -1.85. The van der Waals surface area contributed by atoms with E-state index in [0.29, 0.717) is 0 Å².